The van der Waals surface area contributed by atoms with Gasteiger partial charge in [-0.1, -0.05) is 128 Å². The van der Waals surface area contributed by atoms with Crippen LogP contribution in [-0.2, 0) is 19.5 Å². The van der Waals surface area contributed by atoms with Crippen LogP contribution in [0.1, 0.15) is 27.8 Å². The minimum Gasteiger partial charge on any atom is -0.370 e. The largest absolute Gasteiger partial charge is 0.370 e. The van der Waals surface area contributed by atoms with Crippen molar-refractivity contribution in [3.8, 4) is 0 Å². The van der Waals surface area contributed by atoms with Gasteiger partial charge < -0.3 is 9.80 Å². The van der Waals surface area contributed by atoms with Gasteiger partial charge in [0, 0.05) is 38.6 Å². The van der Waals surface area contributed by atoms with Crippen molar-refractivity contribution in [1.29, 1.82) is 0 Å². The van der Waals surface area contributed by atoms with Crippen LogP contribution in [0.2, 0.25) is 0 Å². The maximum absolute atomic E-state index is 3.63. The summed E-state index contributed by atoms with van der Waals surface area (Å²) < 4.78 is 0. The molecule has 0 aliphatic carbocycles. The SMILES string of the molecule is C=Cc1ccccc1.CN(Cc1ccccc1)c1ccc(Cc2ccc(N(C)Cc3ccccc3)cc2)cc1. The Labute approximate surface area is 234 Å². The third kappa shape index (κ3) is 8.76. The molecule has 2 nitrogen and oxygen atoms in total. The summed E-state index contributed by atoms with van der Waals surface area (Å²) in [7, 11) is 4.29. The molecule has 0 aromatic heterocycles. The van der Waals surface area contributed by atoms with Crippen LogP contribution in [0.25, 0.3) is 6.08 Å². The molecular formula is C37H38N2. The number of anilines is 2. The first kappa shape index (κ1) is 27.5. The van der Waals surface area contributed by atoms with E-state index in [2.05, 4.69) is 140 Å². The van der Waals surface area contributed by atoms with Crippen molar-refractivity contribution >= 4 is 17.5 Å². The second-order valence-electron chi connectivity index (χ2n) is 9.81. The molecule has 0 aliphatic rings. The number of nitrogens with zero attached hydrogens (tertiary/aromatic N) is 2. The predicted octanol–water partition coefficient (Wildman–Crippen LogP) is 8.88. The lowest BCUT2D eigenvalue weighted by atomic mass is 10.0. The molecule has 0 aliphatic heterocycles. The third-order valence-electron chi connectivity index (χ3n) is 6.72. The van der Waals surface area contributed by atoms with Crippen molar-refractivity contribution in [2.24, 2.45) is 0 Å². The Kier molecular flexibility index (Phi) is 10.1. The van der Waals surface area contributed by atoms with Gasteiger partial charge in [0.15, 0.2) is 0 Å². The Hall–Kier alpha value is -4.56. The van der Waals surface area contributed by atoms with Crippen molar-refractivity contribution in [1.82, 2.24) is 0 Å². The van der Waals surface area contributed by atoms with Crippen molar-refractivity contribution in [3.63, 3.8) is 0 Å². The summed E-state index contributed by atoms with van der Waals surface area (Å²) in [6.07, 6.45) is 2.78. The molecule has 196 valence electrons. The predicted molar refractivity (Wildman–Crippen MR) is 169 cm³/mol. The van der Waals surface area contributed by atoms with E-state index in [4.69, 9.17) is 0 Å². The zero-order valence-electron chi connectivity index (χ0n) is 23.1. The fraction of sp³-hybridized carbons (Fsp3) is 0.135. The average Bonchev–Trinajstić information content (AvgIpc) is 2.99. The van der Waals surface area contributed by atoms with Crippen molar-refractivity contribution in [2.75, 3.05) is 23.9 Å². The van der Waals surface area contributed by atoms with Crippen LogP contribution >= 0.6 is 0 Å². The molecule has 0 N–H and O–H groups in total. The summed E-state index contributed by atoms with van der Waals surface area (Å²) >= 11 is 0. The molecule has 5 aromatic rings. The van der Waals surface area contributed by atoms with Gasteiger partial charge in [0.05, 0.1) is 0 Å². The first-order valence-corrected chi connectivity index (χ1v) is 13.5. The Morgan fingerprint density at radius 1 is 0.462 bits per heavy atom. The molecule has 0 radical (unpaired) electrons. The molecule has 0 saturated carbocycles. The fourth-order valence-electron chi connectivity index (χ4n) is 4.46. The number of hydrogen-bond acceptors (Lipinski definition) is 2. The first-order chi connectivity index (χ1) is 19.1. The Balaban J connectivity index is 0.000000379. The Morgan fingerprint density at radius 3 is 1.15 bits per heavy atom. The summed E-state index contributed by atoms with van der Waals surface area (Å²) in [5.74, 6) is 0. The summed E-state index contributed by atoms with van der Waals surface area (Å²) in [6, 6.07) is 49.1. The van der Waals surface area contributed by atoms with Crippen LogP contribution in [0, 0.1) is 0 Å². The minimum atomic E-state index is 0.915. The molecule has 39 heavy (non-hydrogen) atoms. The van der Waals surface area contributed by atoms with E-state index in [1.807, 2.05) is 36.4 Å². The molecule has 0 heterocycles. The second-order valence-corrected chi connectivity index (χ2v) is 9.81. The van der Waals surface area contributed by atoms with Crippen LogP contribution in [0.15, 0.2) is 146 Å². The molecule has 0 bridgehead atoms. The van der Waals surface area contributed by atoms with Gasteiger partial charge in [-0.3, -0.25) is 0 Å². The molecule has 0 unspecified atom stereocenters. The summed E-state index contributed by atoms with van der Waals surface area (Å²) in [4.78, 5) is 4.58. The molecule has 5 aromatic carbocycles. The van der Waals surface area contributed by atoms with E-state index in [0.717, 1.165) is 19.5 Å². The van der Waals surface area contributed by atoms with Gasteiger partial charge in [-0.05, 0) is 58.5 Å². The van der Waals surface area contributed by atoms with E-state index in [0.29, 0.717) is 0 Å². The maximum Gasteiger partial charge on any atom is 0.0426 e. The summed E-state index contributed by atoms with van der Waals surface area (Å²) in [6.45, 7) is 5.46. The molecule has 0 saturated heterocycles. The molecule has 0 fully saturated rings. The fourth-order valence-corrected chi connectivity index (χ4v) is 4.46. The van der Waals surface area contributed by atoms with Crippen LogP contribution in [0.3, 0.4) is 0 Å². The molecule has 5 rings (SSSR count). The topological polar surface area (TPSA) is 6.48 Å². The highest BCUT2D eigenvalue weighted by Gasteiger charge is 2.05. The molecule has 2 heteroatoms. The third-order valence-corrected chi connectivity index (χ3v) is 6.72. The van der Waals surface area contributed by atoms with Crippen LogP contribution < -0.4 is 9.80 Å². The van der Waals surface area contributed by atoms with Gasteiger partial charge in [0.25, 0.3) is 0 Å². The quantitative estimate of drug-likeness (QED) is 0.195. The highest BCUT2D eigenvalue weighted by atomic mass is 15.1. The van der Waals surface area contributed by atoms with Gasteiger partial charge in [0.1, 0.15) is 0 Å². The van der Waals surface area contributed by atoms with E-state index < -0.39 is 0 Å². The van der Waals surface area contributed by atoms with Crippen LogP contribution in [-0.4, -0.2) is 14.1 Å². The molecule has 0 spiro atoms. The second kappa shape index (κ2) is 14.4. The molecule has 0 amide bonds. The van der Waals surface area contributed by atoms with Gasteiger partial charge in [-0.15, -0.1) is 0 Å². The van der Waals surface area contributed by atoms with Crippen molar-refractivity contribution in [3.05, 3.63) is 174 Å². The van der Waals surface area contributed by atoms with Gasteiger partial charge in [-0.2, -0.15) is 0 Å². The lowest BCUT2D eigenvalue weighted by molar-refractivity contribution is 0.921. The van der Waals surface area contributed by atoms with Gasteiger partial charge >= 0.3 is 0 Å². The maximum atomic E-state index is 3.63. The lowest BCUT2D eigenvalue weighted by Crippen LogP contribution is -2.16. The standard InChI is InChI=1S/C29H30N2.C8H8/c1-30(22-26-9-5-3-6-10-26)28-17-13-24(14-18-28)21-25-15-19-29(20-16-25)31(2)23-27-11-7-4-8-12-27;1-2-8-6-4-3-5-7-8/h3-20H,21-23H2,1-2H3;2-7H,1H2. The van der Waals surface area contributed by atoms with E-state index in [9.17, 15) is 0 Å². The lowest BCUT2D eigenvalue weighted by Gasteiger charge is -2.20. The van der Waals surface area contributed by atoms with Crippen LogP contribution in [0.5, 0.6) is 0 Å². The zero-order chi connectivity index (χ0) is 27.3. The van der Waals surface area contributed by atoms with Crippen LogP contribution in [0.4, 0.5) is 11.4 Å². The number of benzene rings is 5. The Bertz CT molecular complexity index is 1290. The van der Waals surface area contributed by atoms with E-state index in [-0.39, 0.29) is 0 Å². The van der Waals surface area contributed by atoms with Gasteiger partial charge in [-0.25, -0.2) is 0 Å². The van der Waals surface area contributed by atoms with Gasteiger partial charge in [0.2, 0.25) is 0 Å². The zero-order valence-corrected chi connectivity index (χ0v) is 23.1. The van der Waals surface area contributed by atoms with Crippen molar-refractivity contribution < 1.29 is 0 Å². The first-order valence-electron chi connectivity index (χ1n) is 13.5. The number of hydrogen-bond donors (Lipinski definition) is 0. The number of rotatable bonds is 9. The smallest absolute Gasteiger partial charge is 0.0426 e. The molecular weight excluding hydrogens is 472 g/mol. The minimum absolute atomic E-state index is 0.915. The Morgan fingerprint density at radius 2 is 0.821 bits per heavy atom. The van der Waals surface area contributed by atoms with E-state index >= 15 is 0 Å². The highest BCUT2D eigenvalue weighted by Crippen LogP contribution is 2.21. The summed E-state index contributed by atoms with van der Waals surface area (Å²) in [5.41, 5.74) is 8.98. The normalized spacial score (nSPS) is 10.2. The van der Waals surface area contributed by atoms with E-state index in [1.165, 1.54) is 39.2 Å². The van der Waals surface area contributed by atoms with Crippen molar-refractivity contribution in [2.45, 2.75) is 19.5 Å². The average molecular weight is 511 g/mol. The molecule has 0 atom stereocenters. The monoisotopic (exact) mass is 510 g/mol. The van der Waals surface area contributed by atoms with E-state index in [1.54, 1.807) is 0 Å². The summed E-state index contributed by atoms with van der Waals surface area (Å²) in [5, 5.41) is 0. The highest BCUT2D eigenvalue weighted by molar-refractivity contribution is 5.50.